The number of aliphatic hydroxyl groups is 1. The maximum absolute atomic E-state index is 9.21. The summed E-state index contributed by atoms with van der Waals surface area (Å²) in [6.45, 7) is 4.11. The predicted molar refractivity (Wildman–Crippen MR) is 70.4 cm³/mol. The van der Waals surface area contributed by atoms with Gasteiger partial charge in [-0.05, 0) is 31.7 Å². The summed E-state index contributed by atoms with van der Waals surface area (Å²) in [5.74, 6) is 1.73. The molecule has 0 aromatic carbocycles. The highest BCUT2D eigenvalue weighted by Gasteiger charge is 2.21. The molecule has 2 rings (SSSR count). The molecule has 0 radical (unpaired) electrons. The molecule has 1 N–H and O–H groups in total. The lowest BCUT2D eigenvalue weighted by atomic mass is 9.85. The van der Waals surface area contributed by atoms with Gasteiger partial charge < -0.3 is 10.0 Å². The minimum atomic E-state index is -0.0324. The van der Waals surface area contributed by atoms with Crippen LogP contribution in [0.3, 0.4) is 0 Å². The van der Waals surface area contributed by atoms with E-state index in [1.165, 1.54) is 19.3 Å². The molecule has 1 fully saturated rings. The van der Waals surface area contributed by atoms with E-state index in [-0.39, 0.29) is 6.61 Å². The molecule has 0 saturated heterocycles. The predicted octanol–water partition coefficient (Wildman–Crippen LogP) is 2.85. The molecule has 4 heteroatoms. The van der Waals surface area contributed by atoms with Crippen LogP contribution in [0.2, 0.25) is 5.02 Å². The van der Waals surface area contributed by atoms with E-state index in [1.807, 2.05) is 6.07 Å². The highest BCUT2D eigenvalue weighted by Crippen LogP contribution is 2.29. The number of nitrogens with zero attached hydrogens (tertiary/aromatic N) is 2. The van der Waals surface area contributed by atoms with Crippen LogP contribution in [0.15, 0.2) is 12.3 Å². The molecular formula is C13H19ClN2O. The van der Waals surface area contributed by atoms with E-state index in [0.29, 0.717) is 5.02 Å². The molecule has 1 aliphatic carbocycles. The van der Waals surface area contributed by atoms with E-state index in [0.717, 1.165) is 30.4 Å². The number of aliphatic hydroxyl groups excluding tert-OH is 1. The van der Waals surface area contributed by atoms with Crippen LogP contribution in [0, 0.1) is 5.92 Å². The normalized spacial score (nSPS) is 15.7. The van der Waals surface area contributed by atoms with E-state index >= 15 is 0 Å². The van der Waals surface area contributed by atoms with Crippen molar-refractivity contribution in [2.45, 2.75) is 32.8 Å². The first kappa shape index (κ1) is 12.7. The smallest absolute Gasteiger partial charge is 0.128 e. The summed E-state index contributed by atoms with van der Waals surface area (Å²) >= 11 is 5.95. The number of halogens is 1. The molecule has 17 heavy (non-hydrogen) atoms. The van der Waals surface area contributed by atoms with Gasteiger partial charge in [0.05, 0.1) is 11.6 Å². The molecule has 1 heterocycles. The van der Waals surface area contributed by atoms with Crippen LogP contribution in [0.1, 0.15) is 31.7 Å². The van der Waals surface area contributed by atoms with Crippen LogP contribution < -0.4 is 4.90 Å². The number of anilines is 1. The Morgan fingerprint density at radius 2 is 2.29 bits per heavy atom. The zero-order valence-electron chi connectivity index (χ0n) is 10.2. The van der Waals surface area contributed by atoms with Crippen LogP contribution >= 0.6 is 11.6 Å². The molecule has 0 aliphatic heterocycles. The van der Waals surface area contributed by atoms with Crippen molar-refractivity contribution in [2.24, 2.45) is 5.92 Å². The second-order valence-corrected chi connectivity index (χ2v) is 5.03. The Labute approximate surface area is 107 Å². The summed E-state index contributed by atoms with van der Waals surface area (Å²) < 4.78 is 0. The highest BCUT2D eigenvalue weighted by molar-refractivity contribution is 6.31. The van der Waals surface area contributed by atoms with Crippen molar-refractivity contribution in [1.29, 1.82) is 0 Å². The Hall–Kier alpha value is -0.800. The van der Waals surface area contributed by atoms with Crippen LogP contribution in [0.5, 0.6) is 0 Å². The van der Waals surface area contributed by atoms with Crippen LogP contribution in [0.25, 0.3) is 0 Å². The Bertz CT molecular complexity index is 380. The van der Waals surface area contributed by atoms with Gasteiger partial charge in [0.2, 0.25) is 0 Å². The van der Waals surface area contributed by atoms with Gasteiger partial charge >= 0.3 is 0 Å². The van der Waals surface area contributed by atoms with Gasteiger partial charge in [-0.25, -0.2) is 4.98 Å². The third-order valence-corrected chi connectivity index (χ3v) is 3.84. The Balaban J connectivity index is 2.11. The second-order valence-electron chi connectivity index (χ2n) is 4.63. The third kappa shape index (κ3) is 2.90. The molecule has 0 bridgehead atoms. The van der Waals surface area contributed by atoms with Crippen molar-refractivity contribution >= 4 is 17.4 Å². The van der Waals surface area contributed by atoms with Crippen molar-refractivity contribution in [3.63, 3.8) is 0 Å². The number of pyridine rings is 1. The maximum atomic E-state index is 9.21. The minimum absolute atomic E-state index is 0.0324. The van der Waals surface area contributed by atoms with Gasteiger partial charge in [-0.15, -0.1) is 0 Å². The quantitative estimate of drug-likeness (QED) is 0.878. The fourth-order valence-electron chi connectivity index (χ4n) is 2.13. The fourth-order valence-corrected chi connectivity index (χ4v) is 2.30. The van der Waals surface area contributed by atoms with Gasteiger partial charge in [-0.2, -0.15) is 0 Å². The summed E-state index contributed by atoms with van der Waals surface area (Å²) in [5, 5.41) is 9.74. The summed E-state index contributed by atoms with van der Waals surface area (Å²) in [5.41, 5.74) is 0.753. The van der Waals surface area contributed by atoms with Gasteiger partial charge in [0, 0.05) is 24.8 Å². The summed E-state index contributed by atoms with van der Waals surface area (Å²) in [6.07, 6.45) is 5.65. The lowest BCUT2D eigenvalue weighted by molar-refractivity contribution is 0.281. The molecule has 3 nitrogen and oxygen atoms in total. The average Bonchev–Trinajstić information content (AvgIpc) is 2.29. The summed E-state index contributed by atoms with van der Waals surface area (Å²) in [4.78, 5) is 6.62. The van der Waals surface area contributed by atoms with E-state index in [4.69, 9.17) is 11.6 Å². The summed E-state index contributed by atoms with van der Waals surface area (Å²) in [7, 11) is 0. The van der Waals surface area contributed by atoms with E-state index in [1.54, 1.807) is 6.20 Å². The topological polar surface area (TPSA) is 36.4 Å². The zero-order chi connectivity index (χ0) is 12.3. The molecular weight excluding hydrogens is 236 g/mol. The molecule has 1 aromatic heterocycles. The molecule has 0 spiro atoms. The molecule has 94 valence electrons. The monoisotopic (exact) mass is 254 g/mol. The maximum Gasteiger partial charge on any atom is 0.128 e. The molecule has 0 amide bonds. The Kier molecular flexibility index (Phi) is 4.24. The third-order valence-electron chi connectivity index (χ3n) is 3.50. The molecule has 1 aliphatic rings. The van der Waals surface area contributed by atoms with E-state index in [2.05, 4.69) is 16.8 Å². The molecule has 0 atom stereocenters. The zero-order valence-corrected chi connectivity index (χ0v) is 11.0. The number of hydrogen-bond acceptors (Lipinski definition) is 3. The first-order chi connectivity index (χ1) is 8.24. The van der Waals surface area contributed by atoms with Gasteiger partial charge in [-0.3, -0.25) is 0 Å². The van der Waals surface area contributed by atoms with Gasteiger partial charge in [0.25, 0.3) is 0 Å². The number of hydrogen-bond donors (Lipinski definition) is 1. The largest absolute Gasteiger partial charge is 0.392 e. The van der Waals surface area contributed by atoms with Crippen molar-refractivity contribution in [2.75, 3.05) is 18.0 Å². The Morgan fingerprint density at radius 3 is 2.82 bits per heavy atom. The fraction of sp³-hybridized carbons (Fsp3) is 0.615. The van der Waals surface area contributed by atoms with Crippen molar-refractivity contribution < 1.29 is 5.11 Å². The first-order valence-electron chi connectivity index (χ1n) is 6.24. The van der Waals surface area contributed by atoms with Crippen LogP contribution in [-0.2, 0) is 6.61 Å². The van der Waals surface area contributed by atoms with Gasteiger partial charge in [0.15, 0.2) is 0 Å². The van der Waals surface area contributed by atoms with E-state index < -0.39 is 0 Å². The van der Waals surface area contributed by atoms with Gasteiger partial charge in [0.1, 0.15) is 5.82 Å². The lowest BCUT2D eigenvalue weighted by Gasteiger charge is -2.32. The average molecular weight is 255 g/mol. The molecule has 1 saturated carbocycles. The van der Waals surface area contributed by atoms with Crippen molar-refractivity contribution in [1.82, 2.24) is 4.98 Å². The number of aromatic nitrogens is 1. The lowest BCUT2D eigenvalue weighted by Crippen LogP contribution is -2.33. The number of rotatable bonds is 5. The van der Waals surface area contributed by atoms with Gasteiger partial charge in [-0.1, -0.05) is 18.0 Å². The molecule has 1 aromatic rings. The first-order valence-corrected chi connectivity index (χ1v) is 6.62. The standard InChI is InChI=1S/C13H19ClN2O/c1-2-16(8-10-4-3-5-10)13-6-11(9-17)12(14)7-15-13/h6-7,10,17H,2-5,8-9H2,1H3. The minimum Gasteiger partial charge on any atom is -0.392 e. The van der Waals surface area contributed by atoms with Crippen molar-refractivity contribution in [3.8, 4) is 0 Å². The van der Waals surface area contributed by atoms with Crippen molar-refractivity contribution in [3.05, 3.63) is 22.8 Å². The van der Waals surface area contributed by atoms with Crippen LogP contribution in [-0.4, -0.2) is 23.2 Å². The molecule has 0 unspecified atom stereocenters. The second kappa shape index (κ2) is 5.69. The van der Waals surface area contributed by atoms with Crippen LogP contribution in [0.4, 0.5) is 5.82 Å². The van der Waals surface area contributed by atoms with E-state index in [9.17, 15) is 5.11 Å². The highest BCUT2D eigenvalue weighted by atomic mass is 35.5. The Morgan fingerprint density at radius 1 is 1.53 bits per heavy atom. The SMILES string of the molecule is CCN(CC1CCC1)c1cc(CO)c(Cl)cn1. The summed E-state index contributed by atoms with van der Waals surface area (Å²) in [6, 6.07) is 1.89.